The number of rotatable bonds is 5. The molecule has 1 aromatic carbocycles. The molecule has 0 aliphatic heterocycles. The zero-order chi connectivity index (χ0) is 15.3. The molecule has 0 saturated heterocycles. The molecule has 0 saturated carbocycles. The van der Waals surface area contributed by atoms with Gasteiger partial charge in [0.2, 0.25) is 5.91 Å². The highest BCUT2D eigenvalue weighted by molar-refractivity contribution is 5.82. The van der Waals surface area contributed by atoms with Crippen molar-refractivity contribution >= 4 is 5.91 Å². The van der Waals surface area contributed by atoms with Crippen LogP contribution in [0, 0.1) is 5.41 Å². The van der Waals surface area contributed by atoms with Crippen molar-refractivity contribution in [2.75, 3.05) is 14.2 Å². The maximum atomic E-state index is 11.9. The van der Waals surface area contributed by atoms with E-state index in [1.165, 1.54) is 0 Å². The minimum Gasteiger partial charge on any atom is -0.493 e. The SMILES string of the molecule is COc1ccc(CNC(=O)C(N)C(C)(C)C)cc1OC. The second-order valence-electron chi connectivity index (χ2n) is 5.75. The van der Waals surface area contributed by atoms with Gasteiger partial charge in [0.25, 0.3) is 0 Å². The Morgan fingerprint density at radius 3 is 2.35 bits per heavy atom. The van der Waals surface area contributed by atoms with E-state index in [0.717, 1.165) is 5.56 Å². The molecule has 3 N–H and O–H groups in total. The Hall–Kier alpha value is -1.75. The molecular weight excluding hydrogens is 256 g/mol. The maximum Gasteiger partial charge on any atom is 0.237 e. The Labute approximate surface area is 120 Å². The van der Waals surface area contributed by atoms with E-state index < -0.39 is 6.04 Å². The summed E-state index contributed by atoms with van der Waals surface area (Å²) >= 11 is 0. The van der Waals surface area contributed by atoms with Crippen molar-refractivity contribution in [1.29, 1.82) is 0 Å². The fraction of sp³-hybridized carbons (Fsp3) is 0.533. The van der Waals surface area contributed by atoms with Crippen molar-refractivity contribution in [3.05, 3.63) is 23.8 Å². The highest BCUT2D eigenvalue weighted by atomic mass is 16.5. The molecule has 1 aromatic rings. The van der Waals surface area contributed by atoms with E-state index in [0.29, 0.717) is 18.0 Å². The highest BCUT2D eigenvalue weighted by Crippen LogP contribution is 2.27. The Morgan fingerprint density at radius 2 is 1.85 bits per heavy atom. The molecule has 20 heavy (non-hydrogen) atoms. The molecule has 1 amide bonds. The minimum absolute atomic E-state index is 0.160. The van der Waals surface area contributed by atoms with Gasteiger partial charge in [0.1, 0.15) is 0 Å². The Bertz CT molecular complexity index is 467. The normalized spacial score (nSPS) is 12.7. The Kier molecular flexibility index (Phi) is 5.39. The first kappa shape index (κ1) is 16.3. The second-order valence-corrected chi connectivity index (χ2v) is 5.75. The van der Waals surface area contributed by atoms with E-state index in [4.69, 9.17) is 15.2 Å². The van der Waals surface area contributed by atoms with Crippen LogP contribution in [0.1, 0.15) is 26.3 Å². The van der Waals surface area contributed by atoms with Crippen LogP contribution in [0.2, 0.25) is 0 Å². The summed E-state index contributed by atoms with van der Waals surface area (Å²) in [6, 6.07) is 4.98. The minimum atomic E-state index is -0.539. The molecule has 0 aromatic heterocycles. The summed E-state index contributed by atoms with van der Waals surface area (Å²) in [5.74, 6) is 1.14. The lowest BCUT2D eigenvalue weighted by molar-refractivity contribution is -0.124. The van der Waals surface area contributed by atoms with Crippen LogP contribution in [0.5, 0.6) is 11.5 Å². The topological polar surface area (TPSA) is 73.6 Å². The van der Waals surface area contributed by atoms with Crippen LogP contribution in [0.4, 0.5) is 0 Å². The number of hydrogen-bond donors (Lipinski definition) is 2. The quantitative estimate of drug-likeness (QED) is 0.861. The van der Waals surface area contributed by atoms with Crippen molar-refractivity contribution in [1.82, 2.24) is 5.32 Å². The number of benzene rings is 1. The van der Waals surface area contributed by atoms with Gasteiger partial charge in [-0.25, -0.2) is 0 Å². The van der Waals surface area contributed by atoms with E-state index in [1.54, 1.807) is 14.2 Å². The molecular formula is C15H24N2O3. The van der Waals surface area contributed by atoms with Crippen LogP contribution in [0.25, 0.3) is 0 Å². The van der Waals surface area contributed by atoms with E-state index in [9.17, 15) is 4.79 Å². The van der Waals surface area contributed by atoms with Crippen molar-refractivity contribution in [3.8, 4) is 11.5 Å². The summed E-state index contributed by atoms with van der Waals surface area (Å²) in [6.45, 7) is 6.22. The zero-order valence-electron chi connectivity index (χ0n) is 12.8. The van der Waals surface area contributed by atoms with Crippen molar-refractivity contribution in [3.63, 3.8) is 0 Å². The maximum absolute atomic E-state index is 11.9. The van der Waals surface area contributed by atoms with Gasteiger partial charge in [-0.2, -0.15) is 0 Å². The largest absolute Gasteiger partial charge is 0.493 e. The van der Waals surface area contributed by atoms with Gasteiger partial charge in [0.05, 0.1) is 20.3 Å². The first-order chi connectivity index (χ1) is 9.29. The van der Waals surface area contributed by atoms with E-state index in [1.807, 2.05) is 39.0 Å². The third kappa shape index (κ3) is 4.13. The van der Waals surface area contributed by atoms with E-state index in [2.05, 4.69) is 5.32 Å². The number of nitrogens with one attached hydrogen (secondary N) is 1. The summed E-state index contributed by atoms with van der Waals surface area (Å²) in [6.07, 6.45) is 0. The lowest BCUT2D eigenvalue weighted by atomic mass is 9.87. The van der Waals surface area contributed by atoms with E-state index in [-0.39, 0.29) is 11.3 Å². The summed E-state index contributed by atoms with van der Waals surface area (Å²) < 4.78 is 10.4. The predicted molar refractivity (Wildman–Crippen MR) is 78.8 cm³/mol. The molecule has 0 aliphatic rings. The Balaban J connectivity index is 2.69. The van der Waals surface area contributed by atoms with Gasteiger partial charge in [-0.15, -0.1) is 0 Å². The fourth-order valence-electron chi connectivity index (χ4n) is 1.68. The van der Waals surface area contributed by atoms with Crippen molar-refractivity contribution in [2.45, 2.75) is 33.4 Å². The fourth-order valence-corrected chi connectivity index (χ4v) is 1.68. The van der Waals surface area contributed by atoms with Gasteiger partial charge in [-0.1, -0.05) is 26.8 Å². The lowest BCUT2D eigenvalue weighted by Gasteiger charge is -2.25. The summed E-state index contributed by atoms with van der Waals surface area (Å²) in [5, 5.41) is 2.83. The molecule has 0 fully saturated rings. The second kappa shape index (κ2) is 6.61. The van der Waals surface area contributed by atoms with Gasteiger partial charge >= 0.3 is 0 Å². The summed E-state index contributed by atoms with van der Waals surface area (Å²) in [4.78, 5) is 11.9. The number of methoxy groups -OCH3 is 2. The van der Waals surface area contributed by atoms with Crippen LogP contribution in [-0.4, -0.2) is 26.2 Å². The van der Waals surface area contributed by atoms with E-state index >= 15 is 0 Å². The molecule has 1 unspecified atom stereocenters. The molecule has 0 spiro atoms. The average molecular weight is 280 g/mol. The van der Waals surface area contributed by atoms with Gasteiger partial charge in [0, 0.05) is 6.54 Å². The standard InChI is InChI=1S/C15H24N2O3/c1-15(2,3)13(16)14(18)17-9-10-6-7-11(19-4)12(8-10)20-5/h6-8,13H,9,16H2,1-5H3,(H,17,18). The smallest absolute Gasteiger partial charge is 0.237 e. The van der Waals surface area contributed by atoms with Crippen molar-refractivity contribution < 1.29 is 14.3 Å². The van der Waals surface area contributed by atoms with Crippen LogP contribution < -0.4 is 20.5 Å². The predicted octanol–water partition coefficient (Wildman–Crippen LogP) is 1.69. The van der Waals surface area contributed by atoms with Crippen LogP contribution in [-0.2, 0) is 11.3 Å². The number of nitrogens with two attached hydrogens (primary N) is 1. The van der Waals surface area contributed by atoms with Crippen LogP contribution in [0.15, 0.2) is 18.2 Å². The lowest BCUT2D eigenvalue weighted by Crippen LogP contribution is -2.48. The van der Waals surface area contributed by atoms with Crippen molar-refractivity contribution in [2.24, 2.45) is 11.1 Å². The molecule has 0 heterocycles. The number of hydrogen-bond acceptors (Lipinski definition) is 4. The monoisotopic (exact) mass is 280 g/mol. The average Bonchev–Trinajstić information content (AvgIpc) is 2.42. The van der Waals surface area contributed by atoms with Crippen LogP contribution in [0.3, 0.4) is 0 Å². The first-order valence-electron chi connectivity index (χ1n) is 6.53. The number of amides is 1. The molecule has 5 nitrogen and oxygen atoms in total. The third-order valence-corrected chi connectivity index (χ3v) is 3.13. The van der Waals surface area contributed by atoms with Crippen LogP contribution >= 0.6 is 0 Å². The summed E-state index contributed by atoms with van der Waals surface area (Å²) in [7, 11) is 3.16. The number of ether oxygens (including phenoxy) is 2. The highest BCUT2D eigenvalue weighted by Gasteiger charge is 2.27. The molecule has 112 valence electrons. The third-order valence-electron chi connectivity index (χ3n) is 3.13. The molecule has 0 aliphatic carbocycles. The van der Waals surface area contributed by atoms with Gasteiger partial charge < -0.3 is 20.5 Å². The number of carbonyl (C=O) groups excluding carboxylic acids is 1. The first-order valence-corrected chi connectivity index (χ1v) is 6.53. The number of carbonyl (C=O) groups is 1. The van der Waals surface area contributed by atoms with Gasteiger partial charge in [-0.3, -0.25) is 4.79 Å². The molecule has 0 bridgehead atoms. The molecule has 1 rings (SSSR count). The molecule has 0 radical (unpaired) electrons. The molecule has 5 heteroatoms. The van der Waals surface area contributed by atoms with Gasteiger partial charge in [-0.05, 0) is 23.1 Å². The van der Waals surface area contributed by atoms with Gasteiger partial charge in [0.15, 0.2) is 11.5 Å². The Morgan fingerprint density at radius 1 is 1.25 bits per heavy atom. The summed E-state index contributed by atoms with van der Waals surface area (Å²) in [5.41, 5.74) is 6.57. The zero-order valence-corrected chi connectivity index (χ0v) is 12.8. The molecule has 1 atom stereocenters.